The molecule has 4 heteroatoms. The molecule has 0 N–H and O–H groups in total. The molecule has 0 aliphatic carbocycles. The van der Waals surface area contributed by atoms with E-state index in [0.29, 0.717) is 9.80 Å². The van der Waals surface area contributed by atoms with Crippen LogP contribution in [-0.2, 0) is 9.84 Å². The Morgan fingerprint density at radius 2 is 1.86 bits per heavy atom. The molecule has 1 heterocycles. The van der Waals surface area contributed by atoms with E-state index < -0.39 is 9.84 Å². The van der Waals surface area contributed by atoms with Crippen LogP contribution >= 0.6 is 15.9 Å². The molecule has 0 saturated heterocycles. The van der Waals surface area contributed by atoms with Crippen LogP contribution < -0.4 is 0 Å². The van der Waals surface area contributed by atoms with Gasteiger partial charge in [0.2, 0.25) is 9.84 Å². The minimum absolute atomic E-state index is 0.427. The van der Waals surface area contributed by atoms with Crippen LogP contribution in [0.25, 0.3) is 5.57 Å². The van der Waals surface area contributed by atoms with Gasteiger partial charge < -0.3 is 0 Å². The fourth-order valence-corrected chi connectivity index (χ4v) is 3.54. The van der Waals surface area contributed by atoms with Crippen molar-refractivity contribution in [3.05, 3.63) is 33.1 Å². The van der Waals surface area contributed by atoms with Gasteiger partial charge in [0.25, 0.3) is 0 Å². The second-order valence-electron chi connectivity index (χ2n) is 3.33. The van der Waals surface area contributed by atoms with Crippen LogP contribution in [0.2, 0.25) is 0 Å². The summed E-state index contributed by atoms with van der Waals surface area (Å²) in [6.45, 7) is 3.49. The highest BCUT2D eigenvalue weighted by atomic mass is 79.9. The molecular formula is C10H9BrO2S. The number of rotatable bonds is 0. The SMILES string of the molecule is CC1=C(C)S(=O)(=O)c2ccc(Br)cc21. The molecule has 2 rings (SSSR count). The molecule has 74 valence electrons. The molecule has 0 radical (unpaired) electrons. The summed E-state index contributed by atoms with van der Waals surface area (Å²) in [4.78, 5) is 0.890. The van der Waals surface area contributed by atoms with Crippen LogP contribution in [0.1, 0.15) is 19.4 Å². The molecule has 0 saturated carbocycles. The summed E-state index contributed by atoms with van der Waals surface area (Å²) < 4.78 is 24.6. The summed E-state index contributed by atoms with van der Waals surface area (Å²) in [6.07, 6.45) is 0. The third-order valence-corrected chi connectivity index (χ3v) is 5.11. The monoisotopic (exact) mass is 272 g/mol. The van der Waals surface area contributed by atoms with Crippen molar-refractivity contribution in [3.63, 3.8) is 0 Å². The molecule has 1 aromatic rings. The molecule has 0 spiro atoms. The van der Waals surface area contributed by atoms with E-state index in [0.717, 1.165) is 15.6 Å². The number of sulfone groups is 1. The lowest BCUT2D eigenvalue weighted by molar-refractivity contribution is 0.603. The van der Waals surface area contributed by atoms with Crippen molar-refractivity contribution in [3.8, 4) is 0 Å². The van der Waals surface area contributed by atoms with E-state index >= 15 is 0 Å². The molecule has 0 unspecified atom stereocenters. The molecule has 14 heavy (non-hydrogen) atoms. The zero-order valence-electron chi connectivity index (χ0n) is 7.83. The lowest BCUT2D eigenvalue weighted by Crippen LogP contribution is -1.97. The predicted octanol–water partition coefficient (Wildman–Crippen LogP) is 2.99. The Kier molecular flexibility index (Phi) is 2.08. The van der Waals surface area contributed by atoms with Gasteiger partial charge in [-0.3, -0.25) is 0 Å². The van der Waals surface area contributed by atoms with Gasteiger partial charge in [-0.2, -0.15) is 0 Å². The Bertz CT molecular complexity index is 541. The first-order chi connectivity index (χ1) is 6.44. The number of fused-ring (bicyclic) bond motifs is 1. The molecule has 2 nitrogen and oxygen atoms in total. The van der Waals surface area contributed by atoms with Crippen LogP contribution in [-0.4, -0.2) is 8.42 Å². The molecule has 0 aromatic heterocycles. The van der Waals surface area contributed by atoms with Crippen LogP contribution in [0.5, 0.6) is 0 Å². The average Bonchev–Trinajstić information content (AvgIpc) is 2.28. The highest BCUT2D eigenvalue weighted by Crippen LogP contribution is 2.39. The molecule has 1 aliphatic heterocycles. The Labute approximate surface area is 91.7 Å². The number of allylic oxidation sites excluding steroid dienone is 2. The van der Waals surface area contributed by atoms with E-state index in [9.17, 15) is 8.42 Å². The van der Waals surface area contributed by atoms with Crippen molar-refractivity contribution >= 4 is 31.3 Å². The van der Waals surface area contributed by atoms with Gasteiger partial charge in [-0.25, -0.2) is 8.42 Å². The Morgan fingerprint density at radius 1 is 1.21 bits per heavy atom. The predicted molar refractivity (Wildman–Crippen MR) is 59.6 cm³/mol. The van der Waals surface area contributed by atoms with Gasteiger partial charge in [-0.05, 0) is 43.2 Å². The van der Waals surface area contributed by atoms with E-state index in [1.807, 2.05) is 13.0 Å². The van der Waals surface area contributed by atoms with Crippen LogP contribution in [0.3, 0.4) is 0 Å². The molecule has 0 fully saturated rings. The van der Waals surface area contributed by atoms with Crippen molar-refractivity contribution in [1.82, 2.24) is 0 Å². The van der Waals surface area contributed by atoms with Crippen molar-refractivity contribution in [2.24, 2.45) is 0 Å². The smallest absolute Gasteiger partial charge is 0.203 e. The molecular weight excluding hydrogens is 264 g/mol. The largest absolute Gasteiger partial charge is 0.219 e. The lowest BCUT2D eigenvalue weighted by Gasteiger charge is -1.99. The minimum Gasteiger partial charge on any atom is -0.219 e. The first-order valence-electron chi connectivity index (χ1n) is 4.17. The molecule has 0 bridgehead atoms. The Morgan fingerprint density at radius 3 is 2.50 bits per heavy atom. The van der Waals surface area contributed by atoms with Crippen molar-refractivity contribution < 1.29 is 8.42 Å². The number of hydrogen-bond acceptors (Lipinski definition) is 2. The van der Waals surface area contributed by atoms with Crippen molar-refractivity contribution in [1.29, 1.82) is 0 Å². The van der Waals surface area contributed by atoms with Crippen LogP contribution in [0.15, 0.2) is 32.5 Å². The van der Waals surface area contributed by atoms with Gasteiger partial charge in [0.05, 0.1) is 4.90 Å². The minimum atomic E-state index is -3.19. The summed E-state index contributed by atoms with van der Waals surface area (Å²) in [6, 6.07) is 5.25. The zero-order valence-corrected chi connectivity index (χ0v) is 10.2. The van der Waals surface area contributed by atoms with Crippen LogP contribution in [0, 0.1) is 0 Å². The average molecular weight is 273 g/mol. The highest BCUT2D eigenvalue weighted by molar-refractivity contribution is 9.10. The van der Waals surface area contributed by atoms with E-state index in [2.05, 4.69) is 15.9 Å². The van der Waals surface area contributed by atoms with Gasteiger partial charge in [-0.15, -0.1) is 0 Å². The summed E-state index contributed by atoms with van der Waals surface area (Å²) in [5.41, 5.74) is 1.66. The first-order valence-corrected chi connectivity index (χ1v) is 6.44. The molecule has 1 aromatic carbocycles. The third-order valence-electron chi connectivity index (χ3n) is 2.57. The van der Waals surface area contributed by atoms with E-state index in [1.54, 1.807) is 19.1 Å². The number of halogens is 1. The second kappa shape index (κ2) is 2.94. The zero-order chi connectivity index (χ0) is 10.5. The molecule has 1 aliphatic rings. The number of benzene rings is 1. The van der Waals surface area contributed by atoms with Crippen LogP contribution in [0.4, 0.5) is 0 Å². The highest BCUT2D eigenvalue weighted by Gasteiger charge is 2.30. The third kappa shape index (κ3) is 1.17. The second-order valence-corrected chi connectivity index (χ2v) is 6.30. The van der Waals surface area contributed by atoms with Crippen molar-refractivity contribution in [2.45, 2.75) is 18.7 Å². The fraction of sp³-hybridized carbons (Fsp3) is 0.200. The van der Waals surface area contributed by atoms with Crippen molar-refractivity contribution in [2.75, 3.05) is 0 Å². The van der Waals surface area contributed by atoms with Gasteiger partial charge in [-0.1, -0.05) is 15.9 Å². The maximum Gasteiger partial charge on any atom is 0.203 e. The summed E-state index contributed by atoms with van der Waals surface area (Å²) >= 11 is 3.33. The molecule has 0 amide bonds. The van der Waals surface area contributed by atoms with Gasteiger partial charge in [0.15, 0.2) is 0 Å². The molecule has 0 atom stereocenters. The van der Waals surface area contributed by atoms with Gasteiger partial charge >= 0.3 is 0 Å². The maximum atomic E-state index is 11.8. The maximum absolute atomic E-state index is 11.8. The van der Waals surface area contributed by atoms with Gasteiger partial charge in [0, 0.05) is 9.38 Å². The summed E-state index contributed by atoms with van der Waals surface area (Å²) in [7, 11) is -3.19. The fourth-order valence-electron chi connectivity index (χ4n) is 1.59. The summed E-state index contributed by atoms with van der Waals surface area (Å²) in [5.74, 6) is 0. The normalized spacial score (nSPS) is 18.5. The topological polar surface area (TPSA) is 34.1 Å². The van der Waals surface area contributed by atoms with Gasteiger partial charge in [0.1, 0.15) is 0 Å². The summed E-state index contributed by atoms with van der Waals surface area (Å²) in [5, 5.41) is 0. The van der Waals surface area contributed by atoms with E-state index in [1.165, 1.54) is 0 Å². The quantitative estimate of drug-likeness (QED) is 0.728. The first kappa shape index (κ1) is 9.93. The number of hydrogen-bond donors (Lipinski definition) is 0. The van der Waals surface area contributed by atoms with E-state index in [-0.39, 0.29) is 0 Å². The lowest BCUT2D eigenvalue weighted by atomic mass is 10.1. The standard InChI is InChI=1S/C10H9BrO2S/c1-6-7(2)14(12,13)10-4-3-8(11)5-9(6)10/h3-5H,1-2H3. The Balaban J connectivity index is 2.87. The Hall–Kier alpha value is -0.610. The van der Waals surface area contributed by atoms with E-state index in [4.69, 9.17) is 0 Å².